The van der Waals surface area contributed by atoms with Crippen molar-refractivity contribution < 1.29 is 0 Å². The first kappa shape index (κ1) is 9.16. The van der Waals surface area contributed by atoms with Crippen LogP contribution in [0.4, 0.5) is 0 Å². The summed E-state index contributed by atoms with van der Waals surface area (Å²) in [5.74, 6) is 0.999. The Bertz CT molecular complexity index is 638. The van der Waals surface area contributed by atoms with Gasteiger partial charge in [0.05, 0.1) is 11.7 Å². The summed E-state index contributed by atoms with van der Waals surface area (Å²) in [6.45, 7) is 2.10. The number of benzene rings is 1. The largest absolute Gasteiger partial charge is 0.300 e. The van der Waals surface area contributed by atoms with E-state index in [4.69, 9.17) is 0 Å². The first-order valence-electron chi connectivity index (χ1n) is 5.34. The molecule has 0 aliphatic heterocycles. The van der Waals surface area contributed by atoms with Crippen molar-refractivity contribution in [3.05, 3.63) is 60.4 Å². The SMILES string of the molecule is Cc1cccc(-c2ncc3ccccn23)c1. The number of fused-ring (bicyclic) bond motifs is 1. The van der Waals surface area contributed by atoms with Crippen LogP contribution in [-0.4, -0.2) is 9.38 Å². The Hall–Kier alpha value is -2.09. The van der Waals surface area contributed by atoms with Gasteiger partial charge in [0.15, 0.2) is 0 Å². The van der Waals surface area contributed by atoms with Gasteiger partial charge < -0.3 is 0 Å². The van der Waals surface area contributed by atoms with E-state index in [0.29, 0.717) is 0 Å². The molecule has 2 heterocycles. The van der Waals surface area contributed by atoms with Crippen LogP contribution in [0.15, 0.2) is 54.9 Å². The van der Waals surface area contributed by atoms with E-state index in [1.165, 1.54) is 5.56 Å². The third-order valence-electron chi connectivity index (χ3n) is 2.71. The van der Waals surface area contributed by atoms with Crippen molar-refractivity contribution in [2.75, 3.05) is 0 Å². The quantitative estimate of drug-likeness (QED) is 0.599. The smallest absolute Gasteiger partial charge is 0.144 e. The minimum absolute atomic E-state index is 0.999. The Morgan fingerprint density at radius 2 is 2.00 bits per heavy atom. The number of hydrogen-bond donors (Lipinski definition) is 0. The summed E-state index contributed by atoms with van der Waals surface area (Å²) in [4.78, 5) is 4.47. The maximum Gasteiger partial charge on any atom is 0.144 e. The molecule has 2 aromatic heterocycles. The van der Waals surface area contributed by atoms with Crippen LogP contribution in [0, 0.1) is 6.92 Å². The van der Waals surface area contributed by atoms with Gasteiger partial charge >= 0.3 is 0 Å². The highest BCUT2D eigenvalue weighted by Crippen LogP contribution is 2.20. The molecule has 0 N–H and O–H groups in total. The van der Waals surface area contributed by atoms with Gasteiger partial charge in [0.2, 0.25) is 0 Å². The van der Waals surface area contributed by atoms with Gasteiger partial charge in [0.1, 0.15) is 5.82 Å². The number of rotatable bonds is 1. The summed E-state index contributed by atoms with van der Waals surface area (Å²) < 4.78 is 2.11. The van der Waals surface area contributed by atoms with Crippen molar-refractivity contribution in [3.63, 3.8) is 0 Å². The first-order valence-corrected chi connectivity index (χ1v) is 5.34. The van der Waals surface area contributed by atoms with Crippen LogP contribution in [0.3, 0.4) is 0 Å². The van der Waals surface area contributed by atoms with Crippen LogP contribution >= 0.6 is 0 Å². The highest BCUT2D eigenvalue weighted by atomic mass is 15.0. The summed E-state index contributed by atoms with van der Waals surface area (Å²) in [6, 6.07) is 14.5. The average molecular weight is 208 g/mol. The lowest BCUT2D eigenvalue weighted by Crippen LogP contribution is -1.88. The molecule has 0 spiro atoms. The summed E-state index contributed by atoms with van der Waals surface area (Å²) in [5, 5.41) is 0. The van der Waals surface area contributed by atoms with Crippen molar-refractivity contribution in [2.45, 2.75) is 6.92 Å². The summed E-state index contributed by atoms with van der Waals surface area (Å²) >= 11 is 0. The van der Waals surface area contributed by atoms with Crippen molar-refractivity contribution in [1.29, 1.82) is 0 Å². The molecule has 3 rings (SSSR count). The normalized spacial score (nSPS) is 10.8. The standard InChI is InChI=1S/C14H12N2/c1-11-5-4-6-12(9-11)14-15-10-13-7-2-3-8-16(13)14/h2-10H,1H3. The van der Waals surface area contributed by atoms with Gasteiger partial charge in [-0.25, -0.2) is 4.98 Å². The number of nitrogens with zero attached hydrogens (tertiary/aromatic N) is 2. The second-order valence-corrected chi connectivity index (χ2v) is 3.95. The molecule has 0 aliphatic rings. The van der Waals surface area contributed by atoms with E-state index in [1.54, 1.807) is 0 Å². The number of aromatic nitrogens is 2. The molecular weight excluding hydrogens is 196 g/mol. The Kier molecular flexibility index (Phi) is 2.00. The van der Waals surface area contributed by atoms with E-state index in [9.17, 15) is 0 Å². The predicted octanol–water partition coefficient (Wildman–Crippen LogP) is 3.31. The van der Waals surface area contributed by atoms with E-state index in [0.717, 1.165) is 16.9 Å². The molecule has 3 aromatic rings. The molecule has 0 radical (unpaired) electrons. The van der Waals surface area contributed by atoms with Crippen LogP contribution in [0.2, 0.25) is 0 Å². The molecule has 78 valence electrons. The van der Waals surface area contributed by atoms with Crippen LogP contribution in [0.5, 0.6) is 0 Å². The Labute approximate surface area is 94.2 Å². The fourth-order valence-corrected chi connectivity index (χ4v) is 1.94. The Morgan fingerprint density at radius 1 is 1.06 bits per heavy atom. The maximum absolute atomic E-state index is 4.47. The molecule has 0 amide bonds. The van der Waals surface area contributed by atoms with Gasteiger partial charge in [-0.05, 0) is 25.1 Å². The van der Waals surface area contributed by atoms with Gasteiger partial charge in [-0.2, -0.15) is 0 Å². The van der Waals surface area contributed by atoms with Gasteiger partial charge in [-0.1, -0.05) is 29.8 Å². The van der Waals surface area contributed by atoms with Gasteiger partial charge in [-0.15, -0.1) is 0 Å². The number of hydrogen-bond acceptors (Lipinski definition) is 1. The third kappa shape index (κ3) is 1.39. The summed E-state index contributed by atoms with van der Waals surface area (Å²) in [5.41, 5.74) is 3.54. The van der Waals surface area contributed by atoms with Crippen molar-refractivity contribution in [2.24, 2.45) is 0 Å². The highest BCUT2D eigenvalue weighted by molar-refractivity contribution is 5.62. The van der Waals surface area contributed by atoms with Gasteiger partial charge in [0, 0.05) is 11.8 Å². The molecule has 2 nitrogen and oxygen atoms in total. The first-order chi connectivity index (χ1) is 7.84. The third-order valence-corrected chi connectivity index (χ3v) is 2.71. The maximum atomic E-state index is 4.47. The molecule has 2 heteroatoms. The molecule has 0 saturated carbocycles. The fraction of sp³-hybridized carbons (Fsp3) is 0.0714. The van der Waals surface area contributed by atoms with E-state index >= 15 is 0 Å². The lowest BCUT2D eigenvalue weighted by molar-refractivity contribution is 1.16. The van der Waals surface area contributed by atoms with Crippen LogP contribution in [0.25, 0.3) is 16.9 Å². The molecule has 16 heavy (non-hydrogen) atoms. The molecular formula is C14H12N2. The number of pyridine rings is 1. The minimum Gasteiger partial charge on any atom is -0.300 e. The van der Waals surface area contributed by atoms with Crippen LogP contribution in [0.1, 0.15) is 5.56 Å². The van der Waals surface area contributed by atoms with Crippen molar-refractivity contribution in [3.8, 4) is 11.4 Å². The van der Waals surface area contributed by atoms with E-state index in [-0.39, 0.29) is 0 Å². The monoisotopic (exact) mass is 208 g/mol. The van der Waals surface area contributed by atoms with Crippen LogP contribution < -0.4 is 0 Å². The lowest BCUT2D eigenvalue weighted by Gasteiger charge is -2.02. The van der Waals surface area contributed by atoms with Crippen molar-refractivity contribution in [1.82, 2.24) is 9.38 Å². The van der Waals surface area contributed by atoms with E-state index in [1.807, 2.05) is 24.5 Å². The second kappa shape index (κ2) is 3.49. The predicted molar refractivity (Wildman–Crippen MR) is 65.4 cm³/mol. The topological polar surface area (TPSA) is 17.3 Å². The molecule has 1 aromatic carbocycles. The van der Waals surface area contributed by atoms with Gasteiger partial charge in [0.25, 0.3) is 0 Å². The zero-order valence-corrected chi connectivity index (χ0v) is 9.09. The van der Waals surface area contributed by atoms with Crippen molar-refractivity contribution >= 4 is 5.52 Å². The van der Waals surface area contributed by atoms with Gasteiger partial charge in [-0.3, -0.25) is 4.40 Å². The Morgan fingerprint density at radius 3 is 2.88 bits per heavy atom. The van der Waals surface area contributed by atoms with Crippen LogP contribution in [-0.2, 0) is 0 Å². The average Bonchev–Trinajstić information content (AvgIpc) is 2.72. The number of imidazole rings is 1. The molecule has 0 saturated heterocycles. The Balaban J connectivity index is 2.26. The molecule has 0 bridgehead atoms. The highest BCUT2D eigenvalue weighted by Gasteiger charge is 2.04. The van der Waals surface area contributed by atoms with E-state index in [2.05, 4.69) is 46.6 Å². The van der Waals surface area contributed by atoms with E-state index < -0.39 is 0 Å². The fourth-order valence-electron chi connectivity index (χ4n) is 1.94. The zero-order chi connectivity index (χ0) is 11.0. The molecule has 0 fully saturated rings. The lowest BCUT2D eigenvalue weighted by atomic mass is 10.1. The summed E-state index contributed by atoms with van der Waals surface area (Å²) in [6.07, 6.45) is 3.94. The minimum atomic E-state index is 0.999. The number of aryl methyl sites for hydroxylation is 1. The second-order valence-electron chi connectivity index (χ2n) is 3.95. The molecule has 0 atom stereocenters. The summed E-state index contributed by atoms with van der Waals surface area (Å²) in [7, 11) is 0. The zero-order valence-electron chi connectivity index (χ0n) is 9.09. The molecule has 0 unspecified atom stereocenters. The molecule has 0 aliphatic carbocycles.